The van der Waals surface area contributed by atoms with Crippen LogP contribution >= 0.6 is 0 Å². The summed E-state index contributed by atoms with van der Waals surface area (Å²) >= 11 is 0. The zero-order valence-electron chi connectivity index (χ0n) is 9.60. The van der Waals surface area contributed by atoms with E-state index < -0.39 is 28.0 Å². The molecule has 0 saturated carbocycles. The van der Waals surface area contributed by atoms with E-state index in [1.807, 2.05) is 0 Å². The molecule has 0 unspecified atom stereocenters. The van der Waals surface area contributed by atoms with Crippen LogP contribution in [0.1, 0.15) is 6.92 Å². The van der Waals surface area contributed by atoms with Gasteiger partial charge in [0.05, 0.1) is 6.61 Å². The van der Waals surface area contributed by atoms with Gasteiger partial charge in [0.2, 0.25) is 10.0 Å². The van der Waals surface area contributed by atoms with Crippen molar-refractivity contribution < 1.29 is 26.7 Å². The van der Waals surface area contributed by atoms with Crippen molar-refractivity contribution in [1.29, 1.82) is 0 Å². The lowest BCUT2D eigenvalue weighted by atomic mass is 10.3. The fourth-order valence-corrected chi connectivity index (χ4v) is 2.13. The standard InChI is InChI=1S/C10H13F2NO4S/c1-2-16-7-4-3-5-8(17-6-9(11)12)10(7)18(13,14)15/h3-5,9H,2,6H2,1H3,(H2,13,14,15). The van der Waals surface area contributed by atoms with E-state index in [1.165, 1.54) is 18.2 Å². The first-order valence-corrected chi connectivity index (χ1v) is 6.60. The highest BCUT2D eigenvalue weighted by atomic mass is 32.2. The molecule has 0 amide bonds. The lowest BCUT2D eigenvalue weighted by Gasteiger charge is -2.13. The zero-order valence-corrected chi connectivity index (χ0v) is 10.4. The van der Waals surface area contributed by atoms with Crippen LogP contribution in [0, 0.1) is 0 Å². The zero-order chi connectivity index (χ0) is 13.8. The largest absolute Gasteiger partial charge is 0.492 e. The van der Waals surface area contributed by atoms with Crippen LogP contribution in [0.4, 0.5) is 8.78 Å². The average molecular weight is 281 g/mol. The first-order valence-electron chi connectivity index (χ1n) is 5.05. The molecule has 8 heteroatoms. The number of primary sulfonamides is 1. The summed E-state index contributed by atoms with van der Waals surface area (Å²) in [5.74, 6) is -0.268. The number of alkyl halides is 2. The lowest BCUT2D eigenvalue weighted by Crippen LogP contribution is -2.17. The second kappa shape index (κ2) is 5.96. The van der Waals surface area contributed by atoms with Crippen molar-refractivity contribution in [3.05, 3.63) is 18.2 Å². The van der Waals surface area contributed by atoms with Gasteiger partial charge in [-0.15, -0.1) is 0 Å². The molecule has 2 N–H and O–H groups in total. The maximum absolute atomic E-state index is 12.1. The van der Waals surface area contributed by atoms with Gasteiger partial charge in [0, 0.05) is 0 Å². The molecule has 0 aliphatic carbocycles. The highest BCUT2D eigenvalue weighted by Gasteiger charge is 2.22. The monoisotopic (exact) mass is 281 g/mol. The van der Waals surface area contributed by atoms with Crippen LogP contribution in [0.2, 0.25) is 0 Å². The summed E-state index contributed by atoms with van der Waals surface area (Å²) in [7, 11) is -4.13. The van der Waals surface area contributed by atoms with E-state index in [0.29, 0.717) is 0 Å². The summed E-state index contributed by atoms with van der Waals surface area (Å²) in [4.78, 5) is -0.424. The summed E-state index contributed by atoms with van der Waals surface area (Å²) in [6.07, 6.45) is -2.71. The number of hydrogen-bond acceptors (Lipinski definition) is 4. The summed E-state index contributed by atoms with van der Waals surface area (Å²) in [5.41, 5.74) is 0. The molecule has 0 bridgehead atoms. The van der Waals surface area contributed by atoms with Crippen LogP contribution in [-0.4, -0.2) is 28.1 Å². The minimum absolute atomic E-state index is 0.0215. The summed E-state index contributed by atoms with van der Waals surface area (Å²) in [6.45, 7) is 0.943. The van der Waals surface area contributed by atoms with Gasteiger partial charge in [0.15, 0.2) is 4.90 Å². The minimum atomic E-state index is -4.13. The third-order valence-corrected chi connectivity index (χ3v) is 2.86. The van der Waals surface area contributed by atoms with Gasteiger partial charge < -0.3 is 9.47 Å². The number of benzene rings is 1. The molecule has 1 rings (SSSR count). The van der Waals surface area contributed by atoms with Crippen LogP contribution in [-0.2, 0) is 10.0 Å². The highest BCUT2D eigenvalue weighted by molar-refractivity contribution is 7.89. The second-order valence-electron chi connectivity index (χ2n) is 3.26. The first kappa shape index (κ1) is 14.7. The van der Waals surface area contributed by atoms with Crippen molar-refractivity contribution in [3.63, 3.8) is 0 Å². The van der Waals surface area contributed by atoms with E-state index in [4.69, 9.17) is 14.6 Å². The van der Waals surface area contributed by atoms with Crippen LogP contribution in [0.25, 0.3) is 0 Å². The Morgan fingerprint density at radius 3 is 2.28 bits per heavy atom. The SMILES string of the molecule is CCOc1cccc(OCC(F)F)c1S(N)(=O)=O. The number of hydrogen-bond donors (Lipinski definition) is 1. The van der Waals surface area contributed by atoms with E-state index in [0.717, 1.165) is 0 Å². The highest BCUT2D eigenvalue weighted by Crippen LogP contribution is 2.32. The summed E-state index contributed by atoms with van der Waals surface area (Å²) in [5, 5.41) is 5.02. The summed E-state index contributed by atoms with van der Waals surface area (Å²) in [6, 6.07) is 4.05. The Morgan fingerprint density at radius 1 is 1.28 bits per heavy atom. The van der Waals surface area contributed by atoms with Crippen LogP contribution in [0.15, 0.2) is 23.1 Å². The van der Waals surface area contributed by atoms with Gasteiger partial charge in [0.1, 0.15) is 18.1 Å². The molecular weight excluding hydrogens is 268 g/mol. The second-order valence-corrected chi connectivity index (χ2v) is 4.76. The molecule has 0 aromatic heterocycles. The number of nitrogens with two attached hydrogens (primary N) is 1. The Hall–Kier alpha value is -1.41. The Labute approximate surface area is 104 Å². The molecule has 102 valence electrons. The normalized spacial score (nSPS) is 11.6. The van der Waals surface area contributed by atoms with Gasteiger partial charge in [-0.25, -0.2) is 22.3 Å². The minimum Gasteiger partial charge on any atom is -0.492 e. The van der Waals surface area contributed by atoms with Crippen LogP contribution in [0.5, 0.6) is 11.5 Å². The number of sulfonamides is 1. The predicted octanol–water partition coefficient (Wildman–Crippen LogP) is 1.38. The Balaban J connectivity index is 3.20. The number of rotatable bonds is 6. The molecule has 18 heavy (non-hydrogen) atoms. The third-order valence-electron chi connectivity index (χ3n) is 1.89. The molecule has 1 aromatic rings. The van der Waals surface area contributed by atoms with Crippen molar-refractivity contribution >= 4 is 10.0 Å². The smallest absolute Gasteiger partial charge is 0.272 e. The topological polar surface area (TPSA) is 78.6 Å². The molecule has 5 nitrogen and oxygen atoms in total. The molecule has 0 spiro atoms. The van der Waals surface area contributed by atoms with Gasteiger partial charge in [-0.1, -0.05) is 6.07 Å². The molecule has 0 radical (unpaired) electrons. The Kier molecular flexibility index (Phi) is 4.85. The van der Waals surface area contributed by atoms with Crippen molar-refractivity contribution in [2.75, 3.05) is 13.2 Å². The van der Waals surface area contributed by atoms with E-state index in [9.17, 15) is 17.2 Å². The van der Waals surface area contributed by atoms with Crippen molar-refractivity contribution in [2.45, 2.75) is 18.2 Å². The van der Waals surface area contributed by atoms with Gasteiger partial charge in [-0.2, -0.15) is 0 Å². The fourth-order valence-electron chi connectivity index (χ4n) is 1.31. The Morgan fingerprint density at radius 2 is 1.83 bits per heavy atom. The molecular formula is C10H13F2NO4S. The molecule has 0 aliphatic heterocycles. The van der Waals surface area contributed by atoms with Gasteiger partial charge >= 0.3 is 0 Å². The third kappa shape index (κ3) is 3.81. The number of ether oxygens (including phenoxy) is 2. The van der Waals surface area contributed by atoms with Gasteiger partial charge in [-0.3, -0.25) is 0 Å². The van der Waals surface area contributed by atoms with Crippen LogP contribution < -0.4 is 14.6 Å². The van der Waals surface area contributed by atoms with E-state index >= 15 is 0 Å². The van der Waals surface area contributed by atoms with Crippen molar-refractivity contribution in [1.82, 2.24) is 0 Å². The quantitative estimate of drug-likeness (QED) is 0.854. The van der Waals surface area contributed by atoms with E-state index in [-0.39, 0.29) is 18.1 Å². The van der Waals surface area contributed by atoms with Gasteiger partial charge in [0.25, 0.3) is 6.43 Å². The average Bonchev–Trinajstić information content (AvgIpc) is 2.25. The molecule has 0 aliphatic rings. The molecule has 0 atom stereocenters. The van der Waals surface area contributed by atoms with Crippen molar-refractivity contribution in [3.8, 4) is 11.5 Å². The Bertz CT molecular complexity index is 505. The van der Waals surface area contributed by atoms with Crippen molar-refractivity contribution in [2.24, 2.45) is 5.14 Å². The van der Waals surface area contributed by atoms with Crippen LogP contribution in [0.3, 0.4) is 0 Å². The van der Waals surface area contributed by atoms with Gasteiger partial charge in [-0.05, 0) is 19.1 Å². The maximum atomic E-state index is 12.1. The fraction of sp³-hybridized carbons (Fsp3) is 0.400. The lowest BCUT2D eigenvalue weighted by molar-refractivity contribution is 0.0801. The maximum Gasteiger partial charge on any atom is 0.272 e. The van der Waals surface area contributed by atoms with E-state index in [1.54, 1.807) is 6.92 Å². The molecule has 0 saturated heterocycles. The first-order chi connectivity index (χ1) is 8.36. The molecule has 1 aromatic carbocycles. The predicted molar refractivity (Wildman–Crippen MR) is 60.5 cm³/mol. The molecule has 0 heterocycles. The number of halogens is 2. The molecule has 0 fully saturated rings. The van der Waals surface area contributed by atoms with E-state index in [2.05, 4.69) is 0 Å². The summed E-state index contributed by atoms with van der Waals surface area (Å²) < 4.78 is 56.8.